The van der Waals surface area contributed by atoms with Crippen LogP contribution >= 0.6 is 0 Å². The molecule has 1 saturated heterocycles. The van der Waals surface area contributed by atoms with Gasteiger partial charge in [-0.3, -0.25) is 4.79 Å². The number of benzene rings is 2. The van der Waals surface area contributed by atoms with E-state index in [1.807, 2.05) is 47.4 Å². The number of carbonyl (C=O) groups is 1. The van der Waals surface area contributed by atoms with Crippen molar-refractivity contribution in [1.29, 1.82) is 0 Å². The Labute approximate surface area is 169 Å². The number of hydrogen-bond donors (Lipinski definition) is 0. The normalized spacial score (nSPS) is 16.5. The molecule has 2 heterocycles. The number of nitrogens with zero attached hydrogens (tertiary/aromatic N) is 3. The van der Waals surface area contributed by atoms with Gasteiger partial charge in [0.25, 0.3) is 5.91 Å². The molecule has 7 nitrogen and oxygen atoms in total. The second-order valence-electron chi connectivity index (χ2n) is 7.01. The van der Waals surface area contributed by atoms with Crippen LogP contribution in [0.15, 0.2) is 53.1 Å². The van der Waals surface area contributed by atoms with Gasteiger partial charge in [-0.1, -0.05) is 11.2 Å². The summed E-state index contributed by atoms with van der Waals surface area (Å²) in [4.78, 5) is 19.3. The predicted molar refractivity (Wildman–Crippen MR) is 107 cm³/mol. The molecule has 1 aliphatic heterocycles. The summed E-state index contributed by atoms with van der Waals surface area (Å²) in [6, 6.07) is 14.7. The van der Waals surface area contributed by atoms with Gasteiger partial charge in [0.2, 0.25) is 11.7 Å². The van der Waals surface area contributed by atoms with E-state index in [0.29, 0.717) is 36.1 Å². The first-order chi connectivity index (χ1) is 14.2. The fourth-order valence-electron chi connectivity index (χ4n) is 3.56. The van der Waals surface area contributed by atoms with Gasteiger partial charge in [0, 0.05) is 24.2 Å². The molecule has 1 aromatic heterocycles. The molecule has 0 spiro atoms. The summed E-state index contributed by atoms with van der Waals surface area (Å²) in [6.45, 7) is 1.27. The molecule has 1 unspecified atom stereocenters. The van der Waals surface area contributed by atoms with E-state index in [9.17, 15) is 4.79 Å². The van der Waals surface area contributed by atoms with Crippen molar-refractivity contribution in [3.63, 3.8) is 0 Å². The number of methoxy groups -OCH3 is 2. The summed E-state index contributed by atoms with van der Waals surface area (Å²) >= 11 is 0. The third kappa shape index (κ3) is 4.08. The van der Waals surface area contributed by atoms with E-state index < -0.39 is 0 Å². The number of piperidine rings is 1. The summed E-state index contributed by atoms with van der Waals surface area (Å²) in [6.07, 6.45) is 1.80. The van der Waals surface area contributed by atoms with E-state index >= 15 is 0 Å². The second-order valence-corrected chi connectivity index (χ2v) is 7.01. The van der Waals surface area contributed by atoms with Gasteiger partial charge in [-0.05, 0) is 55.3 Å². The monoisotopic (exact) mass is 393 g/mol. The van der Waals surface area contributed by atoms with E-state index in [1.165, 1.54) is 0 Å². The number of ether oxygens (including phenoxy) is 2. The Morgan fingerprint density at radius 3 is 2.66 bits per heavy atom. The molecule has 0 aliphatic carbocycles. The van der Waals surface area contributed by atoms with Crippen LogP contribution in [0.2, 0.25) is 0 Å². The van der Waals surface area contributed by atoms with Crippen molar-refractivity contribution in [2.24, 2.45) is 0 Å². The highest BCUT2D eigenvalue weighted by molar-refractivity contribution is 5.94. The predicted octanol–water partition coefficient (Wildman–Crippen LogP) is 3.77. The lowest BCUT2D eigenvalue weighted by molar-refractivity contribution is 0.0695. The molecule has 1 aliphatic rings. The smallest absolute Gasteiger partial charge is 0.254 e. The Morgan fingerprint density at radius 2 is 1.90 bits per heavy atom. The summed E-state index contributed by atoms with van der Waals surface area (Å²) in [5.41, 5.74) is 1.48. The minimum atomic E-state index is -0.0107. The third-order valence-corrected chi connectivity index (χ3v) is 5.16. The van der Waals surface area contributed by atoms with E-state index in [-0.39, 0.29) is 11.8 Å². The molecule has 3 aromatic rings. The first-order valence-electron chi connectivity index (χ1n) is 9.59. The van der Waals surface area contributed by atoms with Crippen molar-refractivity contribution in [3.8, 4) is 22.9 Å². The second kappa shape index (κ2) is 8.34. The van der Waals surface area contributed by atoms with Crippen LogP contribution in [0, 0.1) is 0 Å². The van der Waals surface area contributed by atoms with Crippen molar-refractivity contribution in [2.75, 3.05) is 27.3 Å². The summed E-state index contributed by atoms with van der Waals surface area (Å²) in [7, 11) is 3.22. The van der Waals surface area contributed by atoms with Crippen LogP contribution < -0.4 is 9.47 Å². The zero-order chi connectivity index (χ0) is 20.2. The standard InChI is InChI=1S/C22H23N3O4/c1-27-18-10-8-15(9-11-18)20-23-21(29-24-20)17-6-4-12-25(14-17)22(26)16-5-3-7-19(13-16)28-2/h3,5,7-11,13,17H,4,6,12,14H2,1-2H3. The number of hydrogen-bond acceptors (Lipinski definition) is 6. The van der Waals surface area contributed by atoms with Crippen LogP contribution in [-0.2, 0) is 0 Å². The molecule has 1 amide bonds. The zero-order valence-electron chi connectivity index (χ0n) is 16.5. The molecule has 1 atom stereocenters. The molecule has 4 rings (SSSR count). The first-order valence-corrected chi connectivity index (χ1v) is 9.59. The maximum absolute atomic E-state index is 12.9. The number of aromatic nitrogens is 2. The average molecular weight is 393 g/mol. The number of carbonyl (C=O) groups excluding carboxylic acids is 1. The Bertz CT molecular complexity index is 984. The molecule has 0 N–H and O–H groups in total. The van der Waals surface area contributed by atoms with Crippen LogP contribution in [0.3, 0.4) is 0 Å². The maximum atomic E-state index is 12.9. The molecule has 29 heavy (non-hydrogen) atoms. The fourth-order valence-corrected chi connectivity index (χ4v) is 3.56. The van der Waals surface area contributed by atoms with Crippen molar-refractivity contribution in [1.82, 2.24) is 15.0 Å². The maximum Gasteiger partial charge on any atom is 0.254 e. The quantitative estimate of drug-likeness (QED) is 0.657. The van der Waals surface area contributed by atoms with Gasteiger partial charge in [0.15, 0.2) is 0 Å². The van der Waals surface area contributed by atoms with Gasteiger partial charge < -0.3 is 18.9 Å². The fraction of sp³-hybridized carbons (Fsp3) is 0.318. The van der Waals surface area contributed by atoms with Gasteiger partial charge in [0.05, 0.1) is 20.1 Å². The van der Waals surface area contributed by atoms with E-state index in [2.05, 4.69) is 10.1 Å². The molecular formula is C22H23N3O4. The lowest BCUT2D eigenvalue weighted by Crippen LogP contribution is -2.39. The Balaban J connectivity index is 1.48. The highest BCUT2D eigenvalue weighted by Crippen LogP contribution is 2.29. The van der Waals surface area contributed by atoms with Crippen LogP contribution in [0.1, 0.15) is 35.0 Å². The SMILES string of the molecule is COc1ccc(-c2noc(C3CCCN(C(=O)c4cccc(OC)c4)C3)n2)cc1. The summed E-state index contributed by atoms with van der Waals surface area (Å²) in [5.74, 6) is 2.57. The van der Waals surface area contributed by atoms with Crippen molar-refractivity contribution < 1.29 is 18.8 Å². The molecule has 2 aromatic carbocycles. The van der Waals surface area contributed by atoms with Gasteiger partial charge in [-0.2, -0.15) is 4.98 Å². The summed E-state index contributed by atoms with van der Waals surface area (Å²) in [5, 5.41) is 4.12. The van der Waals surface area contributed by atoms with Gasteiger partial charge in [0.1, 0.15) is 11.5 Å². The first kappa shape index (κ1) is 19.0. The molecule has 0 radical (unpaired) electrons. The molecule has 1 fully saturated rings. The van der Waals surface area contributed by atoms with E-state index in [0.717, 1.165) is 24.2 Å². The van der Waals surface area contributed by atoms with Crippen molar-refractivity contribution >= 4 is 5.91 Å². The highest BCUT2D eigenvalue weighted by Gasteiger charge is 2.29. The number of likely N-dealkylation sites (tertiary alicyclic amines) is 1. The minimum Gasteiger partial charge on any atom is -0.497 e. The van der Waals surface area contributed by atoms with Crippen LogP contribution in [0.5, 0.6) is 11.5 Å². The summed E-state index contributed by atoms with van der Waals surface area (Å²) < 4.78 is 15.9. The minimum absolute atomic E-state index is 0.0107. The molecule has 150 valence electrons. The Morgan fingerprint density at radius 1 is 1.10 bits per heavy atom. The van der Waals surface area contributed by atoms with Crippen LogP contribution in [-0.4, -0.2) is 48.3 Å². The van der Waals surface area contributed by atoms with Gasteiger partial charge >= 0.3 is 0 Å². The Hall–Kier alpha value is -3.35. The number of rotatable bonds is 5. The largest absolute Gasteiger partial charge is 0.497 e. The lowest BCUT2D eigenvalue weighted by atomic mass is 9.97. The molecule has 7 heteroatoms. The van der Waals surface area contributed by atoms with E-state index in [1.54, 1.807) is 20.3 Å². The average Bonchev–Trinajstić information content (AvgIpc) is 3.29. The number of amides is 1. The van der Waals surface area contributed by atoms with Crippen molar-refractivity contribution in [2.45, 2.75) is 18.8 Å². The topological polar surface area (TPSA) is 77.7 Å². The van der Waals surface area contributed by atoms with Crippen LogP contribution in [0.25, 0.3) is 11.4 Å². The molecule has 0 bridgehead atoms. The molecular weight excluding hydrogens is 370 g/mol. The zero-order valence-corrected chi connectivity index (χ0v) is 16.5. The molecule has 0 saturated carbocycles. The Kier molecular flexibility index (Phi) is 5.46. The van der Waals surface area contributed by atoms with Gasteiger partial charge in [-0.25, -0.2) is 0 Å². The van der Waals surface area contributed by atoms with E-state index in [4.69, 9.17) is 14.0 Å². The van der Waals surface area contributed by atoms with Gasteiger partial charge in [-0.15, -0.1) is 0 Å². The van der Waals surface area contributed by atoms with Crippen LogP contribution in [0.4, 0.5) is 0 Å². The lowest BCUT2D eigenvalue weighted by Gasteiger charge is -2.31. The van der Waals surface area contributed by atoms with Crippen molar-refractivity contribution in [3.05, 3.63) is 60.0 Å². The highest BCUT2D eigenvalue weighted by atomic mass is 16.5. The third-order valence-electron chi connectivity index (χ3n) is 5.16.